The van der Waals surface area contributed by atoms with Gasteiger partial charge in [-0.05, 0) is 12.5 Å². The van der Waals surface area contributed by atoms with E-state index in [1.54, 1.807) is 0 Å². The molecule has 8 heteroatoms. The molecule has 0 spiro atoms. The second kappa shape index (κ2) is 5.54. The lowest BCUT2D eigenvalue weighted by atomic mass is 10.1. The summed E-state index contributed by atoms with van der Waals surface area (Å²) in [6.07, 6.45) is 0.0104. The lowest BCUT2D eigenvalue weighted by Crippen LogP contribution is -2.01. The number of halogens is 1. The van der Waals surface area contributed by atoms with Crippen molar-refractivity contribution in [2.24, 2.45) is 0 Å². The van der Waals surface area contributed by atoms with E-state index in [4.69, 9.17) is 11.6 Å². The zero-order valence-electron chi connectivity index (χ0n) is 9.33. The number of nitro benzene ring substituents is 2. The topological polar surface area (TPSA) is 103 Å². The second-order valence-corrected chi connectivity index (χ2v) is 4.16. The van der Waals surface area contributed by atoms with Crippen molar-refractivity contribution in [3.05, 3.63) is 44.0 Å². The molecule has 1 atom stereocenters. The van der Waals surface area contributed by atoms with E-state index >= 15 is 0 Å². The summed E-state index contributed by atoms with van der Waals surface area (Å²) in [5.41, 5.74) is -0.925. The van der Waals surface area contributed by atoms with Gasteiger partial charge in [-0.15, -0.1) is 11.6 Å². The molecular formula is C10H9ClN2O5. The van der Waals surface area contributed by atoms with E-state index < -0.39 is 26.6 Å². The van der Waals surface area contributed by atoms with Crippen molar-refractivity contribution in [1.82, 2.24) is 0 Å². The fourth-order valence-electron chi connectivity index (χ4n) is 1.41. The summed E-state index contributed by atoms with van der Waals surface area (Å²) < 4.78 is 0. The Bertz CT molecular complexity index is 517. The van der Waals surface area contributed by atoms with Crippen molar-refractivity contribution < 1.29 is 14.6 Å². The zero-order valence-corrected chi connectivity index (χ0v) is 10.1. The molecule has 0 amide bonds. The summed E-state index contributed by atoms with van der Waals surface area (Å²) in [5, 5.41) is 20.6. The third kappa shape index (κ3) is 3.24. The first kappa shape index (κ1) is 14.0. The van der Waals surface area contributed by atoms with Gasteiger partial charge in [0, 0.05) is 18.6 Å². The van der Waals surface area contributed by atoms with E-state index in [1.807, 2.05) is 0 Å². The van der Waals surface area contributed by atoms with Gasteiger partial charge in [-0.25, -0.2) is 0 Å². The first-order chi connectivity index (χ1) is 8.32. The van der Waals surface area contributed by atoms with Crippen molar-refractivity contribution in [2.75, 3.05) is 0 Å². The number of hydrogen-bond donors (Lipinski definition) is 0. The molecule has 96 valence electrons. The highest BCUT2D eigenvalue weighted by Gasteiger charge is 2.25. The Labute approximate surface area is 107 Å². The first-order valence-corrected chi connectivity index (χ1v) is 5.32. The molecule has 0 radical (unpaired) electrons. The molecule has 1 aromatic rings. The molecule has 0 aliphatic rings. The number of carbonyl (C=O) groups excluding carboxylic acids is 1. The van der Waals surface area contributed by atoms with Crippen LogP contribution in [0.25, 0.3) is 0 Å². The number of nitrogens with zero attached hydrogens (tertiary/aromatic N) is 2. The van der Waals surface area contributed by atoms with E-state index in [0.717, 1.165) is 12.1 Å². The lowest BCUT2D eigenvalue weighted by Gasteiger charge is -2.07. The van der Waals surface area contributed by atoms with E-state index in [9.17, 15) is 25.0 Å². The Kier molecular flexibility index (Phi) is 4.33. The molecule has 0 saturated carbocycles. The summed E-state index contributed by atoms with van der Waals surface area (Å²) >= 11 is 5.90. The van der Waals surface area contributed by atoms with Crippen LogP contribution in [-0.2, 0) is 4.79 Å². The minimum Gasteiger partial charge on any atom is -0.300 e. The van der Waals surface area contributed by atoms with Crippen molar-refractivity contribution in [1.29, 1.82) is 0 Å². The predicted octanol–water partition coefficient (Wildman–Crippen LogP) is 2.76. The average molecular weight is 273 g/mol. The molecule has 0 fully saturated rings. The number of carbonyl (C=O) groups is 1. The minimum atomic E-state index is -0.848. The van der Waals surface area contributed by atoms with Crippen molar-refractivity contribution in [2.45, 2.75) is 18.7 Å². The minimum absolute atomic E-state index is 0.0104. The maximum atomic E-state index is 10.9. The van der Waals surface area contributed by atoms with Gasteiger partial charge in [0.2, 0.25) is 0 Å². The van der Waals surface area contributed by atoms with Crippen molar-refractivity contribution in [3.63, 3.8) is 0 Å². The van der Waals surface area contributed by atoms with E-state index in [2.05, 4.69) is 0 Å². The van der Waals surface area contributed by atoms with Crippen LogP contribution in [0.4, 0.5) is 11.4 Å². The van der Waals surface area contributed by atoms with Crippen molar-refractivity contribution >= 4 is 28.8 Å². The Morgan fingerprint density at radius 3 is 2.28 bits per heavy atom. The number of Topliss-reactive ketones (excluding diaryl/α,β-unsaturated/α-hetero) is 1. The molecule has 0 saturated heterocycles. The third-order valence-corrected chi connectivity index (χ3v) is 2.63. The number of ketones is 1. The summed E-state index contributed by atoms with van der Waals surface area (Å²) in [5.74, 6) is -0.170. The number of alkyl halides is 1. The first-order valence-electron chi connectivity index (χ1n) is 4.89. The van der Waals surface area contributed by atoms with Crippen LogP contribution in [0.3, 0.4) is 0 Å². The van der Waals surface area contributed by atoms with Gasteiger partial charge in [0.15, 0.2) is 0 Å². The highest BCUT2D eigenvalue weighted by molar-refractivity contribution is 6.22. The van der Waals surface area contributed by atoms with Gasteiger partial charge < -0.3 is 0 Å². The summed E-state index contributed by atoms with van der Waals surface area (Å²) in [7, 11) is 0. The van der Waals surface area contributed by atoms with Gasteiger partial charge in [-0.2, -0.15) is 0 Å². The highest BCUT2D eigenvalue weighted by Crippen LogP contribution is 2.33. The van der Waals surface area contributed by atoms with Crippen LogP contribution in [0.1, 0.15) is 24.3 Å². The van der Waals surface area contributed by atoms with Gasteiger partial charge in [0.05, 0.1) is 15.2 Å². The van der Waals surface area contributed by atoms with Crippen LogP contribution >= 0.6 is 11.6 Å². The van der Waals surface area contributed by atoms with Crippen molar-refractivity contribution in [3.8, 4) is 0 Å². The Morgan fingerprint density at radius 1 is 1.28 bits per heavy atom. The molecule has 18 heavy (non-hydrogen) atoms. The normalized spacial score (nSPS) is 11.9. The molecule has 0 heterocycles. The fourth-order valence-corrected chi connectivity index (χ4v) is 1.76. The fraction of sp³-hybridized carbons (Fsp3) is 0.300. The molecule has 0 N–H and O–H groups in total. The highest BCUT2D eigenvalue weighted by atomic mass is 35.5. The molecule has 0 bridgehead atoms. The van der Waals surface area contributed by atoms with Gasteiger partial charge in [-0.1, -0.05) is 6.07 Å². The van der Waals surface area contributed by atoms with Gasteiger partial charge >= 0.3 is 11.4 Å². The summed E-state index contributed by atoms with van der Waals surface area (Å²) in [6, 6.07) is 3.35. The molecule has 0 aliphatic heterocycles. The molecular weight excluding hydrogens is 264 g/mol. The molecule has 0 aromatic heterocycles. The quantitative estimate of drug-likeness (QED) is 0.466. The lowest BCUT2D eigenvalue weighted by molar-refractivity contribution is -0.422. The number of nitro groups is 2. The summed E-state index contributed by atoms with van der Waals surface area (Å²) in [6.45, 7) is 1.34. The number of hydrogen-bond acceptors (Lipinski definition) is 5. The standard InChI is InChI=1S/C10H9ClN2O5/c1-6(14)4-8(11)7-2-3-9(12(15)16)10(5-7)13(17)18/h2-3,5,8H,4H2,1H3. The smallest absolute Gasteiger partial charge is 0.300 e. The van der Waals surface area contributed by atoms with Crippen LogP contribution < -0.4 is 0 Å². The molecule has 1 aromatic carbocycles. The zero-order chi connectivity index (χ0) is 13.9. The largest absolute Gasteiger partial charge is 0.346 e. The third-order valence-electron chi connectivity index (χ3n) is 2.22. The van der Waals surface area contributed by atoms with Crippen LogP contribution in [0.2, 0.25) is 0 Å². The Hall–Kier alpha value is -2.02. The average Bonchev–Trinajstić information content (AvgIpc) is 2.26. The maximum Gasteiger partial charge on any atom is 0.346 e. The van der Waals surface area contributed by atoms with Gasteiger partial charge in [0.1, 0.15) is 5.78 Å². The predicted molar refractivity (Wildman–Crippen MR) is 63.6 cm³/mol. The molecule has 1 unspecified atom stereocenters. The molecule has 7 nitrogen and oxygen atoms in total. The SMILES string of the molecule is CC(=O)CC(Cl)c1ccc([N+](=O)[O-])c([N+](=O)[O-])c1. The monoisotopic (exact) mass is 272 g/mol. The van der Waals surface area contributed by atoms with Gasteiger partial charge in [0.25, 0.3) is 0 Å². The van der Waals surface area contributed by atoms with Crippen LogP contribution in [0.5, 0.6) is 0 Å². The van der Waals surface area contributed by atoms with E-state index in [-0.39, 0.29) is 12.2 Å². The molecule has 0 aliphatic carbocycles. The van der Waals surface area contributed by atoms with Crippen LogP contribution in [0, 0.1) is 20.2 Å². The van der Waals surface area contributed by atoms with E-state index in [0.29, 0.717) is 5.56 Å². The number of benzene rings is 1. The Morgan fingerprint density at radius 2 is 1.83 bits per heavy atom. The maximum absolute atomic E-state index is 10.9. The summed E-state index contributed by atoms with van der Waals surface area (Å²) in [4.78, 5) is 30.5. The second-order valence-electron chi connectivity index (χ2n) is 3.64. The van der Waals surface area contributed by atoms with Crippen LogP contribution in [0.15, 0.2) is 18.2 Å². The van der Waals surface area contributed by atoms with E-state index in [1.165, 1.54) is 13.0 Å². The number of rotatable bonds is 5. The van der Waals surface area contributed by atoms with Crippen LogP contribution in [-0.4, -0.2) is 15.6 Å². The van der Waals surface area contributed by atoms with Gasteiger partial charge in [-0.3, -0.25) is 25.0 Å². The Balaban J connectivity index is 3.18. The molecule has 1 rings (SSSR count).